The fraction of sp³-hybridized carbons (Fsp3) is 0.562. The third-order valence-electron chi connectivity index (χ3n) is 3.50. The van der Waals surface area contributed by atoms with Crippen molar-refractivity contribution in [3.05, 3.63) is 30.3 Å². The Hall–Kier alpha value is -1.20. The number of nitrogens with one attached hydrogen (secondary N) is 1. The minimum Gasteiger partial charge on any atom is -0.409 e. The van der Waals surface area contributed by atoms with Gasteiger partial charge < -0.3 is 16.3 Å². The highest BCUT2D eigenvalue weighted by molar-refractivity contribution is 7.99. The third kappa shape index (κ3) is 7.39. The van der Waals surface area contributed by atoms with E-state index in [4.69, 9.17) is 10.9 Å². The largest absolute Gasteiger partial charge is 0.409 e. The molecule has 1 rings (SSSR count). The number of nitrogens with two attached hydrogens (primary N) is 1. The van der Waals surface area contributed by atoms with Crippen molar-refractivity contribution in [3.8, 4) is 0 Å². The smallest absolute Gasteiger partial charge is 0.144 e. The summed E-state index contributed by atoms with van der Waals surface area (Å²) in [6.45, 7) is 6.04. The van der Waals surface area contributed by atoms with Gasteiger partial charge >= 0.3 is 0 Å². The van der Waals surface area contributed by atoms with Crippen molar-refractivity contribution >= 4 is 17.6 Å². The number of thioether (sulfide) groups is 1. The molecule has 0 saturated carbocycles. The molecule has 118 valence electrons. The van der Waals surface area contributed by atoms with Crippen LogP contribution in [0.25, 0.3) is 0 Å². The second kappa shape index (κ2) is 9.68. The number of rotatable bonds is 10. The lowest BCUT2D eigenvalue weighted by atomic mass is 9.86. The highest BCUT2D eigenvalue weighted by atomic mass is 32.2. The Kier molecular flexibility index (Phi) is 8.23. The Labute approximate surface area is 132 Å². The monoisotopic (exact) mass is 309 g/mol. The van der Waals surface area contributed by atoms with Crippen molar-refractivity contribution in [1.29, 1.82) is 0 Å². The number of unbranched alkanes of at least 4 members (excludes halogenated alkanes) is 1. The maximum Gasteiger partial charge on any atom is 0.144 e. The van der Waals surface area contributed by atoms with Gasteiger partial charge in [-0.3, -0.25) is 0 Å². The molecular weight excluding hydrogens is 282 g/mol. The van der Waals surface area contributed by atoms with E-state index in [1.165, 1.54) is 4.90 Å². The Morgan fingerprint density at radius 1 is 1.24 bits per heavy atom. The molecule has 0 heterocycles. The molecule has 21 heavy (non-hydrogen) atoms. The van der Waals surface area contributed by atoms with Gasteiger partial charge in [-0.2, -0.15) is 0 Å². The number of amidine groups is 1. The zero-order valence-electron chi connectivity index (χ0n) is 13.0. The summed E-state index contributed by atoms with van der Waals surface area (Å²) in [7, 11) is 0. The first kappa shape index (κ1) is 17.9. The van der Waals surface area contributed by atoms with Crippen molar-refractivity contribution in [2.45, 2.75) is 38.0 Å². The average Bonchev–Trinajstić information content (AvgIpc) is 2.50. The summed E-state index contributed by atoms with van der Waals surface area (Å²) in [5.41, 5.74) is 5.44. The van der Waals surface area contributed by atoms with Gasteiger partial charge in [0, 0.05) is 22.6 Å². The number of hydrogen-bond donors (Lipinski definition) is 3. The van der Waals surface area contributed by atoms with Crippen LogP contribution in [-0.2, 0) is 0 Å². The van der Waals surface area contributed by atoms with E-state index in [9.17, 15) is 0 Å². The van der Waals surface area contributed by atoms with Crippen molar-refractivity contribution in [1.82, 2.24) is 5.32 Å². The summed E-state index contributed by atoms with van der Waals surface area (Å²) < 4.78 is 0. The summed E-state index contributed by atoms with van der Waals surface area (Å²) in [6.07, 6.45) is 3.11. The molecule has 4 nitrogen and oxygen atoms in total. The van der Waals surface area contributed by atoms with Crippen molar-refractivity contribution < 1.29 is 5.21 Å². The molecule has 1 aromatic carbocycles. The predicted octanol–water partition coefficient (Wildman–Crippen LogP) is 3.31. The van der Waals surface area contributed by atoms with E-state index in [2.05, 4.69) is 34.7 Å². The lowest BCUT2D eigenvalue weighted by molar-refractivity contribution is 0.304. The average molecular weight is 309 g/mol. The van der Waals surface area contributed by atoms with Crippen LogP contribution in [-0.4, -0.2) is 29.9 Å². The van der Waals surface area contributed by atoms with Gasteiger partial charge in [0.15, 0.2) is 0 Å². The SMILES string of the molecule is CC(C)(CCCCNCCSc1ccccc1)/C(N)=N/O. The second-order valence-electron chi connectivity index (χ2n) is 5.74. The zero-order valence-corrected chi connectivity index (χ0v) is 13.8. The molecular formula is C16H27N3OS. The standard InChI is InChI=1S/C16H27N3OS/c1-16(2,15(17)19-20)10-6-7-11-18-12-13-21-14-8-4-3-5-9-14/h3-5,8-9,18,20H,6-7,10-13H2,1-2H3,(H2,17,19). The first-order valence-electron chi connectivity index (χ1n) is 7.43. The normalized spacial score (nSPS) is 12.6. The summed E-state index contributed by atoms with van der Waals surface area (Å²) in [6, 6.07) is 10.5. The number of nitrogens with zero attached hydrogens (tertiary/aromatic N) is 1. The summed E-state index contributed by atoms with van der Waals surface area (Å²) in [5, 5.41) is 15.3. The molecule has 0 unspecified atom stereocenters. The van der Waals surface area contributed by atoms with Crippen LogP contribution in [0.4, 0.5) is 0 Å². The van der Waals surface area contributed by atoms with Crippen molar-refractivity contribution in [3.63, 3.8) is 0 Å². The van der Waals surface area contributed by atoms with Gasteiger partial charge in [0.1, 0.15) is 5.84 Å². The summed E-state index contributed by atoms with van der Waals surface area (Å²) in [5.74, 6) is 1.40. The fourth-order valence-corrected chi connectivity index (χ4v) is 2.79. The third-order valence-corrected chi connectivity index (χ3v) is 4.51. The van der Waals surface area contributed by atoms with Crippen LogP contribution >= 0.6 is 11.8 Å². The first-order valence-corrected chi connectivity index (χ1v) is 8.41. The Morgan fingerprint density at radius 2 is 1.95 bits per heavy atom. The van der Waals surface area contributed by atoms with Crippen LogP contribution in [0.1, 0.15) is 33.1 Å². The van der Waals surface area contributed by atoms with E-state index in [1.54, 1.807) is 0 Å². The number of hydrogen-bond acceptors (Lipinski definition) is 4. The molecule has 0 amide bonds. The molecule has 0 aromatic heterocycles. The maximum absolute atomic E-state index is 8.71. The van der Waals surface area contributed by atoms with Gasteiger partial charge in [0.25, 0.3) is 0 Å². The topological polar surface area (TPSA) is 70.6 Å². The predicted molar refractivity (Wildman–Crippen MR) is 91.1 cm³/mol. The van der Waals surface area contributed by atoms with Gasteiger partial charge in [-0.1, -0.05) is 43.6 Å². The first-order chi connectivity index (χ1) is 10.1. The Balaban J connectivity index is 2.00. The number of oxime groups is 1. The fourth-order valence-electron chi connectivity index (χ4n) is 1.96. The van der Waals surface area contributed by atoms with Crippen LogP contribution in [0, 0.1) is 5.41 Å². The van der Waals surface area contributed by atoms with E-state index in [0.29, 0.717) is 5.84 Å². The van der Waals surface area contributed by atoms with Gasteiger partial charge in [0.2, 0.25) is 0 Å². The molecule has 0 bridgehead atoms. The van der Waals surface area contributed by atoms with Gasteiger partial charge in [0.05, 0.1) is 0 Å². The molecule has 0 spiro atoms. The van der Waals surface area contributed by atoms with Crippen LogP contribution < -0.4 is 11.1 Å². The van der Waals surface area contributed by atoms with E-state index >= 15 is 0 Å². The highest BCUT2D eigenvalue weighted by Gasteiger charge is 2.22. The molecule has 0 fully saturated rings. The summed E-state index contributed by atoms with van der Waals surface area (Å²) in [4.78, 5) is 1.32. The lowest BCUT2D eigenvalue weighted by Crippen LogP contribution is -2.32. The Morgan fingerprint density at radius 3 is 2.62 bits per heavy atom. The van der Waals surface area contributed by atoms with E-state index in [0.717, 1.165) is 38.1 Å². The molecule has 0 aliphatic heterocycles. The molecule has 0 aliphatic carbocycles. The van der Waals surface area contributed by atoms with Gasteiger partial charge in [-0.25, -0.2) is 0 Å². The van der Waals surface area contributed by atoms with Crippen molar-refractivity contribution in [2.75, 3.05) is 18.8 Å². The quantitative estimate of drug-likeness (QED) is 0.155. The van der Waals surface area contributed by atoms with E-state index < -0.39 is 0 Å². The van der Waals surface area contributed by atoms with E-state index in [-0.39, 0.29) is 5.41 Å². The second-order valence-corrected chi connectivity index (χ2v) is 6.91. The van der Waals surface area contributed by atoms with Crippen LogP contribution in [0.5, 0.6) is 0 Å². The van der Waals surface area contributed by atoms with Crippen LogP contribution in [0.3, 0.4) is 0 Å². The van der Waals surface area contributed by atoms with Crippen LogP contribution in [0.2, 0.25) is 0 Å². The van der Waals surface area contributed by atoms with E-state index in [1.807, 2.05) is 31.7 Å². The molecule has 5 heteroatoms. The minimum atomic E-state index is -0.224. The molecule has 1 aromatic rings. The molecule has 0 atom stereocenters. The van der Waals surface area contributed by atoms with Gasteiger partial charge in [-0.05, 0) is 31.5 Å². The zero-order chi connectivity index (χ0) is 15.6. The lowest BCUT2D eigenvalue weighted by Gasteiger charge is -2.22. The molecule has 0 saturated heterocycles. The molecule has 0 radical (unpaired) electrons. The Bertz CT molecular complexity index is 421. The van der Waals surface area contributed by atoms with Gasteiger partial charge in [-0.15, -0.1) is 11.8 Å². The molecule has 0 aliphatic rings. The molecule has 4 N–H and O–H groups in total. The van der Waals surface area contributed by atoms with Crippen LogP contribution in [0.15, 0.2) is 40.4 Å². The van der Waals surface area contributed by atoms with Crippen molar-refractivity contribution in [2.24, 2.45) is 16.3 Å². The maximum atomic E-state index is 8.71. The highest BCUT2D eigenvalue weighted by Crippen LogP contribution is 2.23. The summed E-state index contributed by atoms with van der Waals surface area (Å²) >= 11 is 1.87. The number of benzene rings is 1. The minimum absolute atomic E-state index is 0.224.